The number of piperidine rings is 1. The average Bonchev–Trinajstić information content (AvgIpc) is 2.46. The molecule has 0 aromatic heterocycles. The van der Waals surface area contributed by atoms with Crippen molar-refractivity contribution >= 4 is 11.9 Å². The lowest BCUT2D eigenvalue weighted by atomic mass is 9.88. The summed E-state index contributed by atoms with van der Waals surface area (Å²) in [5.41, 5.74) is -0.395. The van der Waals surface area contributed by atoms with Crippen molar-refractivity contribution in [1.29, 1.82) is 0 Å². The second-order valence-electron chi connectivity index (χ2n) is 5.71. The molecule has 1 amide bonds. The molecule has 5 nitrogen and oxygen atoms in total. The summed E-state index contributed by atoms with van der Waals surface area (Å²) in [6, 6.07) is 6.89. The fourth-order valence-electron chi connectivity index (χ4n) is 2.84. The van der Waals surface area contributed by atoms with Gasteiger partial charge in [0.25, 0.3) is 0 Å². The summed E-state index contributed by atoms with van der Waals surface area (Å²) >= 11 is 0. The highest BCUT2D eigenvalue weighted by atomic mass is 16.4. The van der Waals surface area contributed by atoms with Crippen LogP contribution in [-0.4, -0.2) is 39.1 Å². The van der Waals surface area contributed by atoms with E-state index in [4.69, 9.17) is 0 Å². The monoisotopic (exact) mass is 291 g/mol. The van der Waals surface area contributed by atoms with E-state index in [2.05, 4.69) is 0 Å². The molecule has 1 aliphatic rings. The number of rotatable bonds is 4. The Hall–Kier alpha value is -2.04. The van der Waals surface area contributed by atoms with E-state index in [-0.39, 0.29) is 18.1 Å². The molecule has 0 spiro atoms. The number of aliphatic carboxylic acids is 1. The second kappa shape index (κ2) is 6.16. The van der Waals surface area contributed by atoms with Gasteiger partial charge in [-0.3, -0.25) is 4.79 Å². The Labute approximate surface area is 124 Å². The predicted octanol–water partition coefficient (Wildman–Crippen LogP) is 2.18. The van der Waals surface area contributed by atoms with Gasteiger partial charge >= 0.3 is 5.97 Å². The topological polar surface area (TPSA) is 77.8 Å². The molecule has 114 valence electrons. The van der Waals surface area contributed by atoms with Gasteiger partial charge in [0.15, 0.2) is 0 Å². The van der Waals surface area contributed by atoms with Crippen molar-refractivity contribution in [3.8, 4) is 5.75 Å². The Kier molecular flexibility index (Phi) is 4.50. The lowest BCUT2D eigenvalue weighted by Gasteiger charge is -2.41. The first-order valence-electron chi connectivity index (χ1n) is 7.26. The molecule has 1 heterocycles. The van der Waals surface area contributed by atoms with Gasteiger partial charge in [-0.25, -0.2) is 4.79 Å². The Bertz CT molecular complexity index is 543. The van der Waals surface area contributed by atoms with Gasteiger partial charge in [0, 0.05) is 13.0 Å². The zero-order valence-corrected chi connectivity index (χ0v) is 12.2. The number of benzene rings is 1. The number of carbonyl (C=O) groups is 2. The maximum atomic E-state index is 12.4. The van der Waals surface area contributed by atoms with Gasteiger partial charge in [0.2, 0.25) is 5.91 Å². The highest BCUT2D eigenvalue weighted by molar-refractivity contribution is 5.87. The number of phenols is 1. The van der Waals surface area contributed by atoms with E-state index in [1.807, 2.05) is 6.07 Å². The minimum Gasteiger partial charge on any atom is -0.508 e. The van der Waals surface area contributed by atoms with Gasteiger partial charge in [0.1, 0.15) is 11.3 Å². The summed E-state index contributed by atoms with van der Waals surface area (Å²) < 4.78 is 0. The van der Waals surface area contributed by atoms with Gasteiger partial charge in [-0.05, 0) is 44.2 Å². The Morgan fingerprint density at radius 1 is 1.29 bits per heavy atom. The molecule has 2 rings (SSSR count). The molecule has 1 fully saturated rings. The number of phenolic OH excluding ortho intramolecular Hbond substituents is 1. The fraction of sp³-hybridized carbons (Fsp3) is 0.500. The maximum absolute atomic E-state index is 12.4. The van der Waals surface area contributed by atoms with Crippen molar-refractivity contribution in [2.24, 2.45) is 0 Å². The first-order valence-corrected chi connectivity index (χ1v) is 7.26. The van der Waals surface area contributed by atoms with E-state index >= 15 is 0 Å². The Balaban J connectivity index is 2.05. The van der Waals surface area contributed by atoms with E-state index in [9.17, 15) is 19.8 Å². The summed E-state index contributed by atoms with van der Waals surface area (Å²) in [7, 11) is 0. The van der Waals surface area contributed by atoms with Crippen molar-refractivity contribution in [1.82, 2.24) is 4.90 Å². The van der Waals surface area contributed by atoms with Crippen LogP contribution in [0.15, 0.2) is 24.3 Å². The lowest BCUT2D eigenvalue weighted by molar-refractivity contribution is -0.161. The third-order valence-corrected chi connectivity index (χ3v) is 4.25. The summed E-state index contributed by atoms with van der Waals surface area (Å²) in [4.78, 5) is 25.4. The van der Waals surface area contributed by atoms with Gasteiger partial charge < -0.3 is 15.1 Å². The number of amides is 1. The van der Waals surface area contributed by atoms with Crippen LogP contribution < -0.4 is 0 Å². The van der Waals surface area contributed by atoms with Crippen molar-refractivity contribution in [3.05, 3.63) is 29.8 Å². The van der Waals surface area contributed by atoms with E-state index in [0.717, 1.165) is 12.8 Å². The zero-order chi connectivity index (χ0) is 15.5. The molecule has 21 heavy (non-hydrogen) atoms. The molecule has 1 aliphatic heterocycles. The highest BCUT2D eigenvalue weighted by Gasteiger charge is 2.43. The lowest BCUT2D eigenvalue weighted by Crippen LogP contribution is -2.57. The molecule has 1 aromatic carbocycles. The molecule has 5 heteroatoms. The number of nitrogens with zero attached hydrogens (tertiary/aromatic N) is 1. The van der Waals surface area contributed by atoms with Crippen molar-refractivity contribution in [2.45, 2.75) is 44.6 Å². The molecule has 1 unspecified atom stereocenters. The minimum absolute atomic E-state index is 0.164. The van der Waals surface area contributed by atoms with Gasteiger partial charge in [-0.1, -0.05) is 18.2 Å². The molecule has 0 saturated carbocycles. The Morgan fingerprint density at radius 2 is 2.00 bits per heavy atom. The van der Waals surface area contributed by atoms with E-state index in [1.165, 1.54) is 4.90 Å². The first-order chi connectivity index (χ1) is 9.95. The largest absolute Gasteiger partial charge is 0.508 e. The average molecular weight is 291 g/mol. The number of aryl methyl sites for hydroxylation is 1. The Morgan fingerprint density at radius 3 is 2.67 bits per heavy atom. The number of aromatic hydroxyl groups is 1. The number of carboxylic acid groups (broad SMARTS) is 1. The van der Waals surface area contributed by atoms with Crippen LogP contribution in [0.3, 0.4) is 0 Å². The number of hydrogen-bond donors (Lipinski definition) is 2. The second-order valence-corrected chi connectivity index (χ2v) is 5.71. The van der Waals surface area contributed by atoms with Crippen LogP contribution in [0.1, 0.15) is 38.2 Å². The summed E-state index contributed by atoms with van der Waals surface area (Å²) in [6.45, 7) is 2.11. The summed E-state index contributed by atoms with van der Waals surface area (Å²) in [5.74, 6) is -0.939. The quantitative estimate of drug-likeness (QED) is 0.891. The number of carboxylic acids is 1. The van der Waals surface area contributed by atoms with Gasteiger partial charge in [-0.15, -0.1) is 0 Å². The molecule has 1 saturated heterocycles. The van der Waals surface area contributed by atoms with Crippen molar-refractivity contribution < 1.29 is 19.8 Å². The molecule has 1 aromatic rings. The molecule has 0 radical (unpaired) electrons. The van der Waals surface area contributed by atoms with Crippen LogP contribution in [0.4, 0.5) is 0 Å². The smallest absolute Gasteiger partial charge is 0.329 e. The van der Waals surface area contributed by atoms with Crippen LogP contribution in [0.25, 0.3) is 0 Å². The molecule has 2 N–H and O–H groups in total. The van der Waals surface area contributed by atoms with E-state index < -0.39 is 11.5 Å². The number of carbonyl (C=O) groups excluding carboxylic acids is 1. The standard InChI is InChI=1S/C16H21NO4/c1-16(15(20)21)10-4-5-11-17(16)14(19)9-8-12-6-2-3-7-13(12)18/h2-3,6-7,18H,4-5,8-11H2,1H3,(H,20,21). The minimum atomic E-state index is -1.10. The normalized spacial score (nSPS) is 22.0. The first kappa shape index (κ1) is 15.4. The van der Waals surface area contributed by atoms with Crippen LogP contribution >= 0.6 is 0 Å². The fourth-order valence-corrected chi connectivity index (χ4v) is 2.84. The number of para-hydroxylation sites is 1. The van der Waals surface area contributed by atoms with Crippen molar-refractivity contribution in [2.75, 3.05) is 6.54 Å². The number of likely N-dealkylation sites (tertiary alicyclic amines) is 1. The molecular formula is C16H21NO4. The number of hydrogen-bond acceptors (Lipinski definition) is 3. The molecule has 1 atom stereocenters. The summed E-state index contributed by atoms with van der Waals surface area (Å²) in [6.07, 6.45) is 2.78. The third kappa shape index (κ3) is 3.17. The van der Waals surface area contributed by atoms with Crippen LogP contribution in [0, 0.1) is 0 Å². The van der Waals surface area contributed by atoms with E-state index in [0.29, 0.717) is 24.9 Å². The summed E-state index contributed by atoms with van der Waals surface area (Å²) in [5, 5.41) is 19.1. The molecule has 0 bridgehead atoms. The van der Waals surface area contributed by atoms with Crippen LogP contribution in [0.2, 0.25) is 0 Å². The van der Waals surface area contributed by atoms with Crippen LogP contribution in [-0.2, 0) is 16.0 Å². The van der Waals surface area contributed by atoms with Crippen LogP contribution in [0.5, 0.6) is 5.75 Å². The molecular weight excluding hydrogens is 270 g/mol. The third-order valence-electron chi connectivity index (χ3n) is 4.25. The van der Waals surface area contributed by atoms with Gasteiger partial charge in [0.05, 0.1) is 0 Å². The molecule has 0 aliphatic carbocycles. The van der Waals surface area contributed by atoms with Crippen molar-refractivity contribution in [3.63, 3.8) is 0 Å². The predicted molar refractivity (Wildman–Crippen MR) is 78.0 cm³/mol. The van der Waals surface area contributed by atoms with Gasteiger partial charge in [-0.2, -0.15) is 0 Å². The maximum Gasteiger partial charge on any atom is 0.329 e. The zero-order valence-electron chi connectivity index (χ0n) is 12.2. The van der Waals surface area contributed by atoms with E-state index in [1.54, 1.807) is 25.1 Å². The SMILES string of the molecule is CC1(C(=O)O)CCCCN1C(=O)CCc1ccccc1O. The highest BCUT2D eigenvalue weighted by Crippen LogP contribution is 2.29.